The van der Waals surface area contributed by atoms with Gasteiger partial charge >= 0.3 is 11.9 Å². The smallest absolute Gasteiger partial charge is 0.319 e. The fourth-order valence-corrected chi connectivity index (χ4v) is 4.06. The van der Waals surface area contributed by atoms with Crippen LogP contribution in [0.25, 0.3) is 0 Å². The predicted octanol–water partition coefficient (Wildman–Crippen LogP) is 2.12. The molecule has 166 valence electrons. The lowest BCUT2D eigenvalue weighted by molar-refractivity contribution is -0.172. The summed E-state index contributed by atoms with van der Waals surface area (Å²) in [5.41, 5.74) is -0.932. The zero-order valence-electron chi connectivity index (χ0n) is 17.5. The van der Waals surface area contributed by atoms with Gasteiger partial charge in [0.05, 0.1) is 24.6 Å². The summed E-state index contributed by atoms with van der Waals surface area (Å²) in [4.78, 5) is 50.4. The van der Waals surface area contributed by atoms with E-state index in [4.69, 9.17) is 15.4 Å². The fourth-order valence-electron chi connectivity index (χ4n) is 3.36. The average molecular weight is 459 g/mol. The first-order valence-corrected chi connectivity index (χ1v) is 11.2. The van der Waals surface area contributed by atoms with Crippen molar-refractivity contribution >= 4 is 45.3 Å². The second-order valence-electron chi connectivity index (χ2n) is 7.79. The van der Waals surface area contributed by atoms with Gasteiger partial charge in [-0.1, -0.05) is 12.2 Å². The number of esters is 2. The van der Waals surface area contributed by atoms with Gasteiger partial charge in [-0.2, -0.15) is 0 Å². The molecule has 0 radical (unpaired) electrons. The van der Waals surface area contributed by atoms with Crippen LogP contribution in [-0.2, 0) is 28.7 Å². The second-order valence-corrected chi connectivity index (χ2v) is 9.43. The van der Waals surface area contributed by atoms with Crippen molar-refractivity contribution in [2.45, 2.75) is 56.5 Å². The number of ether oxygens (including phenoxy) is 2. The molecule has 8 nitrogen and oxygen atoms in total. The van der Waals surface area contributed by atoms with Gasteiger partial charge < -0.3 is 14.8 Å². The lowest BCUT2D eigenvalue weighted by atomic mass is 9.80. The third kappa shape index (κ3) is 5.44. The standard InChI is InChI=1S/C20H27ClN2O6S/c1-13(24)29-20(19(2,3)30-21,11-14-5-7-15(25)8-6-14)18(27)22-16-9-10-23(16)12-17(26)28-4/h5-7,16H,8-12H2,1-4H3,(H,22,27). The van der Waals surface area contributed by atoms with E-state index in [1.165, 1.54) is 20.1 Å². The van der Waals surface area contributed by atoms with Crippen LogP contribution in [0.15, 0.2) is 23.8 Å². The number of likely N-dealkylation sites (tertiary alicyclic amines) is 1. The van der Waals surface area contributed by atoms with E-state index < -0.39 is 28.2 Å². The Kier molecular flexibility index (Phi) is 8.13. The number of halogens is 1. The summed E-state index contributed by atoms with van der Waals surface area (Å²) < 4.78 is 9.35. The van der Waals surface area contributed by atoms with Crippen molar-refractivity contribution in [3.63, 3.8) is 0 Å². The van der Waals surface area contributed by atoms with Crippen molar-refractivity contribution in [2.75, 3.05) is 20.2 Å². The number of hydrogen-bond donors (Lipinski definition) is 1. The Morgan fingerprint density at radius 2 is 2.03 bits per heavy atom. The van der Waals surface area contributed by atoms with Crippen molar-refractivity contribution in [1.82, 2.24) is 10.2 Å². The molecule has 1 N–H and O–H groups in total. The molecule has 0 saturated carbocycles. The quantitative estimate of drug-likeness (QED) is 0.524. The molecular formula is C20H27ClN2O6S. The molecule has 1 heterocycles. The molecule has 10 heteroatoms. The molecule has 2 rings (SSSR count). The van der Waals surface area contributed by atoms with Crippen LogP contribution in [0.5, 0.6) is 0 Å². The number of hydrogen-bond acceptors (Lipinski definition) is 8. The van der Waals surface area contributed by atoms with Gasteiger partial charge in [-0.15, -0.1) is 0 Å². The number of nitrogens with zero attached hydrogens (tertiary/aromatic N) is 1. The van der Waals surface area contributed by atoms with E-state index >= 15 is 0 Å². The number of methoxy groups -OCH3 is 1. The van der Waals surface area contributed by atoms with E-state index in [9.17, 15) is 19.2 Å². The van der Waals surface area contributed by atoms with Gasteiger partial charge in [-0.25, -0.2) is 0 Å². The van der Waals surface area contributed by atoms with Crippen LogP contribution in [0.1, 0.15) is 40.0 Å². The van der Waals surface area contributed by atoms with Gasteiger partial charge in [-0.3, -0.25) is 24.1 Å². The van der Waals surface area contributed by atoms with Crippen LogP contribution in [0, 0.1) is 0 Å². The number of amides is 1. The number of ketones is 1. The van der Waals surface area contributed by atoms with Gasteiger partial charge in [0.1, 0.15) is 0 Å². The van der Waals surface area contributed by atoms with Crippen molar-refractivity contribution < 1.29 is 28.7 Å². The van der Waals surface area contributed by atoms with Gasteiger partial charge in [0.25, 0.3) is 5.91 Å². The van der Waals surface area contributed by atoms with Crippen molar-refractivity contribution in [2.24, 2.45) is 0 Å². The molecule has 0 spiro atoms. The van der Waals surface area contributed by atoms with E-state index in [0.717, 1.165) is 11.0 Å². The molecule has 1 amide bonds. The molecular weight excluding hydrogens is 432 g/mol. The first kappa shape index (κ1) is 24.4. The third-order valence-corrected chi connectivity index (χ3v) is 7.21. The number of carbonyl (C=O) groups is 4. The Hall–Kier alpha value is -1.84. The van der Waals surface area contributed by atoms with E-state index in [0.29, 0.717) is 18.5 Å². The molecule has 2 atom stereocenters. The molecule has 0 aromatic heterocycles. The van der Waals surface area contributed by atoms with Crippen molar-refractivity contribution in [1.29, 1.82) is 0 Å². The van der Waals surface area contributed by atoms with Gasteiger partial charge in [0.2, 0.25) is 5.60 Å². The molecule has 1 aliphatic heterocycles. The summed E-state index contributed by atoms with van der Waals surface area (Å²) in [6.45, 7) is 5.35. The summed E-state index contributed by atoms with van der Waals surface area (Å²) in [5.74, 6) is -1.58. The molecule has 1 saturated heterocycles. The maximum absolute atomic E-state index is 13.5. The van der Waals surface area contributed by atoms with E-state index in [2.05, 4.69) is 10.1 Å². The highest BCUT2D eigenvalue weighted by molar-refractivity contribution is 8.22. The van der Waals surface area contributed by atoms with E-state index in [-0.39, 0.29) is 31.3 Å². The number of carbonyl (C=O) groups excluding carboxylic acids is 4. The van der Waals surface area contributed by atoms with E-state index in [1.54, 1.807) is 30.9 Å². The topological polar surface area (TPSA) is 102 Å². The normalized spacial score (nSPS) is 21.2. The number of nitrogens with one attached hydrogen (secondary N) is 1. The molecule has 0 aromatic carbocycles. The molecule has 2 aliphatic rings. The summed E-state index contributed by atoms with van der Waals surface area (Å²) in [5, 5.41) is 2.89. The van der Waals surface area contributed by atoms with Gasteiger partial charge in [-0.05, 0) is 53.6 Å². The fraction of sp³-hybridized carbons (Fsp3) is 0.600. The van der Waals surface area contributed by atoms with Crippen molar-refractivity contribution in [3.8, 4) is 0 Å². The lowest BCUT2D eigenvalue weighted by Gasteiger charge is -2.46. The second kappa shape index (κ2) is 9.98. The van der Waals surface area contributed by atoms with Crippen molar-refractivity contribution in [3.05, 3.63) is 23.8 Å². The first-order chi connectivity index (χ1) is 14.0. The largest absolute Gasteiger partial charge is 0.468 e. The Balaban J connectivity index is 2.32. The number of allylic oxidation sites excluding steroid dienone is 3. The minimum absolute atomic E-state index is 0.0415. The third-order valence-electron chi connectivity index (χ3n) is 5.34. The van der Waals surface area contributed by atoms with E-state index in [1.807, 2.05) is 0 Å². The van der Waals surface area contributed by atoms with Gasteiger partial charge in [0.15, 0.2) is 5.78 Å². The first-order valence-electron chi connectivity index (χ1n) is 9.55. The summed E-state index contributed by atoms with van der Waals surface area (Å²) in [6, 6.07) is 0. The van der Waals surface area contributed by atoms with Crippen LogP contribution >= 0.6 is 21.7 Å². The molecule has 1 aliphatic carbocycles. The molecule has 1 fully saturated rings. The van der Waals surface area contributed by atoms with Crippen LogP contribution < -0.4 is 5.32 Å². The maximum atomic E-state index is 13.5. The Labute approximate surface area is 184 Å². The minimum Gasteiger partial charge on any atom is -0.468 e. The predicted molar refractivity (Wildman–Crippen MR) is 114 cm³/mol. The molecule has 2 unspecified atom stereocenters. The monoisotopic (exact) mass is 458 g/mol. The lowest BCUT2D eigenvalue weighted by Crippen LogP contribution is -2.67. The molecule has 30 heavy (non-hydrogen) atoms. The zero-order valence-corrected chi connectivity index (χ0v) is 19.1. The number of rotatable bonds is 9. The Bertz CT molecular complexity index is 781. The highest BCUT2D eigenvalue weighted by Gasteiger charge is 2.56. The SMILES string of the molecule is COC(=O)CN1CCC1NC(=O)C(CC1=CCC(=O)C=C1)(OC(C)=O)C(C)(C)SCl. The van der Waals surface area contributed by atoms with Crippen LogP contribution in [0.3, 0.4) is 0 Å². The Morgan fingerprint density at radius 3 is 2.50 bits per heavy atom. The Morgan fingerprint density at radius 1 is 1.33 bits per heavy atom. The molecule has 0 aromatic rings. The highest BCUT2D eigenvalue weighted by Crippen LogP contribution is 2.45. The zero-order chi connectivity index (χ0) is 22.5. The molecule has 0 bridgehead atoms. The van der Waals surface area contributed by atoms with Crippen LogP contribution in [-0.4, -0.2) is 65.2 Å². The highest BCUT2D eigenvalue weighted by atomic mass is 35.7. The van der Waals surface area contributed by atoms with Crippen LogP contribution in [0.2, 0.25) is 0 Å². The van der Waals surface area contributed by atoms with Crippen LogP contribution in [0.4, 0.5) is 0 Å². The summed E-state index contributed by atoms with van der Waals surface area (Å²) >= 11 is 0. The minimum atomic E-state index is -1.63. The maximum Gasteiger partial charge on any atom is 0.319 e. The van der Waals surface area contributed by atoms with Gasteiger partial charge in [0, 0.05) is 26.3 Å². The summed E-state index contributed by atoms with van der Waals surface area (Å²) in [6.07, 6.45) is 5.31. The average Bonchev–Trinajstić information content (AvgIpc) is 2.69. The summed E-state index contributed by atoms with van der Waals surface area (Å²) in [7, 11) is 8.32.